The third-order valence-electron chi connectivity index (χ3n) is 4.21. The van der Waals surface area contributed by atoms with Gasteiger partial charge >= 0.3 is 0 Å². The number of carbonyl (C=O) groups is 1. The highest BCUT2D eigenvalue weighted by Gasteiger charge is 2.37. The van der Waals surface area contributed by atoms with Crippen LogP contribution in [0.5, 0.6) is 0 Å². The predicted molar refractivity (Wildman–Crippen MR) is 77.1 cm³/mol. The molecule has 116 valence electrons. The zero-order valence-electron chi connectivity index (χ0n) is 12.0. The average molecular weight is 312 g/mol. The number of carbonyl (C=O) groups excluding carboxylic acids is 1. The third-order valence-corrected chi connectivity index (χ3v) is 5.50. The van der Waals surface area contributed by atoms with Crippen molar-refractivity contribution in [3.63, 3.8) is 0 Å². The van der Waals surface area contributed by atoms with Gasteiger partial charge in [-0.25, -0.2) is 13.4 Å². The third kappa shape index (κ3) is 2.96. The van der Waals surface area contributed by atoms with Gasteiger partial charge in [0.25, 0.3) is 0 Å². The molecule has 8 heteroatoms. The van der Waals surface area contributed by atoms with Gasteiger partial charge in [-0.05, 0) is 19.3 Å². The Labute approximate surface area is 124 Å². The summed E-state index contributed by atoms with van der Waals surface area (Å²) in [5, 5.41) is 3.00. The first-order chi connectivity index (χ1) is 9.95. The van der Waals surface area contributed by atoms with Crippen molar-refractivity contribution in [3.8, 4) is 0 Å². The number of rotatable bonds is 3. The molecule has 3 heterocycles. The van der Waals surface area contributed by atoms with Gasteiger partial charge in [-0.2, -0.15) is 4.31 Å². The van der Waals surface area contributed by atoms with Crippen LogP contribution >= 0.6 is 0 Å². The Morgan fingerprint density at radius 2 is 2.24 bits per heavy atom. The summed E-state index contributed by atoms with van der Waals surface area (Å²) in [6.45, 7) is 1.14. The molecule has 0 bridgehead atoms. The summed E-state index contributed by atoms with van der Waals surface area (Å²) >= 11 is 0. The van der Waals surface area contributed by atoms with Crippen molar-refractivity contribution < 1.29 is 13.2 Å². The van der Waals surface area contributed by atoms with E-state index >= 15 is 0 Å². The summed E-state index contributed by atoms with van der Waals surface area (Å²) in [6.07, 6.45) is 7.85. The van der Waals surface area contributed by atoms with Crippen molar-refractivity contribution >= 4 is 15.9 Å². The summed E-state index contributed by atoms with van der Waals surface area (Å²) in [6, 6.07) is -0.509. The van der Waals surface area contributed by atoms with Gasteiger partial charge in [0.2, 0.25) is 15.9 Å². The normalized spacial score (nSPS) is 26.5. The Morgan fingerprint density at radius 3 is 3.00 bits per heavy atom. The molecule has 1 aromatic rings. The van der Waals surface area contributed by atoms with Gasteiger partial charge in [0, 0.05) is 37.9 Å². The van der Waals surface area contributed by atoms with E-state index in [0.29, 0.717) is 19.5 Å². The number of aryl methyl sites for hydroxylation is 1. The Kier molecular flexibility index (Phi) is 3.75. The number of nitrogens with zero attached hydrogens (tertiary/aromatic N) is 3. The molecule has 1 N–H and O–H groups in total. The first kappa shape index (κ1) is 14.5. The SMILES string of the molecule is CS(=O)(=O)N1CCC[C@H]1C(=O)N[C@H]1CCc2nccn2C1. The van der Waals surface area contributed by atoms with Crippen LogP contribution in [0.4, 0.5) is 0 Å². The number of hydrogen-bond acceptors (Lipinski definition) is 4. The first-order valence-electron chi connectivity index (χ1n) is 7.22. The van der Waals surface area contributed by atoms with Crippen molar-refractivity contribution in [1.29, 1.82) is 0 Å². The lowest BCUT2D eigenvalue weighted by Crippen LogP contribution is -2.50. The number of nitrogens with one attached hydrogen (secondary N) is 1. The van der Waals surface area contributed by atoms with Gasteiger partial charge in [-0.3, -0.25) is 4.79 Å². The molecule has 1 aromatic heterocycles. The lowest BCUT2D eigenvalue weighted by molar-refractivity contribution is -0.125. The molecule has 2 aliphatic heterocycles. The van der Waals surface area contributed by atoms with E-state index in [4.69, 9.17) is 0 Å². The van der Waals surface area contributed by atoms with E-state index in [1.807, 2.05) is 10.8 Å². The highest BCUT2D eigenvalue weighted by atomic mass is 32.2. The first-order valence-corrected chi connectivity index (χ1v) is 9.07. The second-order valence-corrected chi connectivity index (χ2v) is 7.71. The number of fused-ring (bicyclic) bond motifs is 1. The van der Waals surface area contributed by atoms with Gasteiger partial charge in [0.05, 0.1) is 6.26 Å². The highest BCUT2D eigenvalue weighted by molar-refractivity contribution is 7.88. The predicted octanol–water partition coefficient (Wildman–Crippen LogP) is -0.262. The second-order valence-electron chi connectivity index (χ2n) is 5.77. The number of amides is 1. The molecule has 1 fully saturated rings. The van der Waals surface area contributed by atoms with E-state index in [9.17, 15) is 13.2 Å². The van der Waals surface area contributed by atoms with Crippen LogP contribution in [0.25, 0.3) is 0 Å². The zero-order chi connectivity index (χ0) is 15.0. The molecule has 3 rings (SSSR count). The van der Waals surface area contributed by atoms with Crippen molar-refractivity contribution in [2.24, 2.45) is 0 Å². The van der Waals surface area contributed by atoms with Crippen LogP contribution < -0.4 is 5.32 Å². The number of hydrogen-bond donors (Lipinski definition) is 1. The Morgan fingerprint density at radius 1 is 1.43 bits per heavy atom. The van der Waals surface area contributed by atoms with Crippen molar-refractivity contribution in [3.05, 3.63) is 18.2 Å². The maximum Gasteiger partial charge on any atom is 0.238 e. The van der Waals surface area contributed by atoms with E-state index in [2.05, 4.69) is 10.3 Å². The Bertz CT molecular complexity index is 640. The van der Waals surface area contributed by atoms with Crippen LogP contribution in [0.1, 0.15) is 25.1 Å². The number of aromatic nitrogens is 2. The fourth-order valence-corrected chi connectivity index (χ4v) is 4.30. The summed E-state index contributed by atoms with van der Waals surface area (Å²) in [5.74, 6) is 0.866. The van der Waals surface area contributed by atoms with Gasteiger partial charge in [0.15, 0.2) is 0 Å². The average Bonchev–Trinajstić information content (AvgIpc) is 3.06. The van der Waals surface area contributed by atoms with Crippen LogP contribution in [0.2, 0.25) is 0 Å². The quantitative estimate of drug-likeness (QED) is 0.833. The lowest BCUT2D eigenvalue weighted by Gasteiger charge is -2.28. The molecule has 1 saturated heterocycles. The maximum atomic E-state index is 12.4. The number of sulfonamides is 1. The van der Waals surface area contributed by atoms with Crippen molar-refractivity contribution in [1.82, 2.24) is 19.2 Å². The van der Waals surface area contributed by atoms with Gasteiger partial charge in [0.1, 0.15) is 11.9 Å². The summed E-state index contributed by atoms with van der Waals surface area (Å²) in [4.78, 5) is 16.6. The van der Waals surface area contributed by atoms with E-state index in [1.165, 1.54) is 4.31 Å². The summed E-state index contributed by atoms with van der Waals surface area (Å²) < 4.78 is 26.8. The molecule has 7 nitrogen and oxygen atoms in total. The minimum absolute atomic E-state index is 0.0428. The van der Waals surface area contributed by atoms with E-state index < -0.39 is 16.1 Å². The fourth-order valence-electron chi connectivity index (χ4n) is 3.18. The molecule has 2 aliphatic rings. The van der Waals surface area contributed by atoms with Crippen molar-refractivity contribution in [2.75, 3.05) is 12.8 Å². The van der Waals surface area contributed by atoms with Crippen LogP contribution in [0, 0.1) is 0 Å². The van der Waals surface area contributed by atoms with Crippen LogP contribution in [-0.4, -0.2) is 53.1 Å². The van der Waals surface area contributed by atoms with E-state index in [1.54, 1.807) is 6.20 Å². The molecular weight excluding hydrogens is 292 g/mol. The van der Waals surface area contributed by atoms with Gasteiger partial charge in [-0.15, -0.1) is 0 Å². The van der Waals surface area contributed by atoms with Gasteiger partial charge in [-0.1, -0.05) is 0 Å². The molecule has 0 radical (unpaired) electrons. The second kappa shape index (κ2) is 5.42. The zero-order valence-corrected chi connectivity index (χ0v) is 12.8. The number of imidazole rings is 1. The maximum absolute atomic E-state index is 12.4. The molecule has 21 heavy (non-hydrogen) atoms. The summed E-state index contributed by atoms with van der Waals surface area (Å²) in [7, 11) is -3.32. The molecule has 1 amide bonds. The van der Waals surface area contributed by atoms with Crippen molar-refractivity contribution in [2.45, 2.75) is 44.3 Å². The smallest absolute Gasteiger partial charge is 0.238 e. The fraction of sp³-hybridized carbons (Fsp3) is 0.692. The molecule has 0 saturated carbocycles. The van der Waals surface area contributed by atoms with Crippen LogP contribution in [0.15, 0.2) is 12.4 Å². The van der Waals surface area contributed by atoms with Crippen LogP contribution in [-0.2, 0) is 27.8 Å². The minimum atomic E-state index is -3.32. The molecule has 2 atom stereocenters. The largest absolute Gasteiger partial charge is 0.350 e. The van der Waals surface area contributed by atoms with Gasteiger partial charge < -0.3 is 9.88 Å². The Balaban J connectivity index is 1.65. The minimum Gasteiger partial charge on any atom is -0.350 e. The van der Waals surface area contributed by atoms with Crippen LogP contribution in [0.3, 0.4) is 0 Å². The highest BCUT2D eigenvalue weighted by Crippen LogP contribution is 2.21. The topological polar surface area (TPSA) is 84.3 Å². The van der Waals surface area contributed by atoms with E-state index in [-0.39, 0.29) is 11.9 Å². The molecular formula is C13H20N4O3S. The lowest BCUT2D eigenvalue weighted by atomic mass is 10.1. The van der Waals surface area contributed by atoms with E-state index in [0.717, 1.165) is 31.3 Å². The monoisotopic (exact) mass is 312 g/mol. The molecule has 0 aromatic carbocycles. The molecule has 0 aliphatic carbocycles. The molecule has 0 unspecified atom stereocenters. The Hall–Kier alpha value is -1.41. The summed E-state index contributed by atoms with van der Waals surface area (Å²) in [5.41, 5.74) is 0. The molecule has 0 spiro atoms. The standard InChI is InChI=1S/C13H20N4O3S/c1-21(19,20)17-7-2-3-11(17)13(18)15-10-4-5-12-14-6-8-16(12)9-10/h6,8,10-11H,2-5,7,9H2,1H3,(H,15,18)/t10-,11-/m0/s1.